The standard InChI is InChI=1S/C5H12.Si/c1-5(2,3)4;/h1-4H3;. The van der Waals surface area contributed by atoms with Crippen molar-refractivity contribution in [2.45, 2.75) is 27.7 Å². The second kappa shape index (κ2) is 2.40. The Balaban J connectivity index is 0. The van der Waals surface area contributed by atoms with Gasteiger partial charge in [-0.1, -0.05) is 27.7 Å². The van der Waals surface area contributed by atoms with Crippen LogP contribution >= 0.6 is 0 Å². The van der Waals surface area contributed by atoms with Gasteiger partial charge in [-0.05, 0) is 5.41 Å². The highest BCUT2D eigenvalue weighted by Crippen LogP contribution is 2.07. The molecule has 0 saturated carbocycles. The van der Waals surface area contributed by atoms with E-state index in [9.17, 15) is 0 Å². The Hall–Kier alpha value is 0.217. The molecule has 6 heavy (non-hydrogen) atoms. The average molecular weight is 100 g/mol. The summed E-state index contributed by atoms with van der Waals surface area (Å²) >= 11 is 0. The van der Waals surface area contributed by atoms with Crippen LogP contribution in [-0.2, 0) is 0 Å². The second-order valence-corrected chi connectivity index (χ2v) is 3.00. The summed E-state index contributed by atoms with van der Waals surface area (Å²) < 4.78 is 0. The normalized spacial score (nSPS) is 10.0. The smallest absolute Gasteiger partial charge is 0 e. The third-order valence-electron chi connectivity index (χ3n) is 0. The number of hydrogen-bond acceptors (Lipinski definition) is 0. The van der Waals surface area contributed by atoms with E-state index < -0.39 is 0 Å². The SMILES string of the molecule is CC(C)(C)C.[Si]. The van der Waals surface area contributed by atoms with Crippen LogP contribution in [0.3, 0.4) is 0 Å². The average Bonchev–Trinajstić information content (AvgIpc) is 0.722. The van der Waals surface area contributed by atoms with Crippen LogP contribution in [0.2, 0.25) is 0 Å². The molecule has 0 spiro atoms. The predicted octanol–water partition coefficient (Wildman–Crippen LogP) is 1.67. The molecule has 0 nitrogen and oxygen atoms in total. The Kier molecular flexibility index (Phi) is 3.81. The van der Waals surface area contributed by atoms with E-state index in [2.05, 4.69) is 27.7 Å². The van der Waals surface area contributed by atoms with Crippen LogP contribution in [0.4, 0.5) is 0 Å². The minimum atomic E-state index is 0. The third-order valence-corrected chi connectivity index (χ3v) is 0. The molecule has 0 aliphatic rings. The van der Waals surface area contributed by atoms with E-state index in [-0.39, 0.29) is 11.0 Å². The lowest BCUT2D eigenvalue weighted by Crippen LogP contribution is -1.93. The molecule has 0 saturated heterocycles. The molecular formula is C5H12Si. The molecule has 0 unspecified atom stereocenters. The van der Waals surface area contributed by atoms with Gasteiger partial charge in [-0.2, -0.15) is 0 Å². The number of rotatable bonds is 0. The van der Waals surface area contributed by atoms with E-state index in [0.29, 0.717) is 5.41 Å². The fraction of sp³-hybridized carbons (Fsp3) is 1.00. The van der Waals surface area contributed by atoms with Crippen molar-refractivity contribution >= 4 is 11.0 Å². The van der Waals surface area contributed by atoms with Gasteiger partial charge in [-0.3, -0.25) is 0 Å². The van der Waals surface area contributed by atoms with Gasteiger partial charge in [0.25, 0.3) is 0 Å². The molecule has 0 aromatic heterocycles. The van der Waals surface area contributed by atoms with Crippen molar-refractivity contribution in [3.05, 3.63) is 0 Å². The molecular weight excluding hydrogens is 88.1 g/mol. The summed E-state index contributed by atoms with van der Waals surface area (Å²) in [5.74, 6) is 0. The first kappa shape index (κ1) is 9.52. The summed E-state index contributed by atoms with van der Waals surface area (Å²) in [6, 6.07) is 0. The number of hydrogen-bond donors (Lipinski definition) is 0. The van der Waals surface area contributed by atoms with Gasteiger partial charge in [-0.15, -0.1) is 0 Å². The van der Waals surface area contributed by atoms with Crippen LogP contribution in [0.5, 0.6) is 0 Å². The molecule has 0 aromatic carbocycles. The molecule has 0 heterocycles. The molecule has 0 rings (SSSR count). The van der Waals surface area contributed by atoms with Crippen molar-refractivity contribution in [3.8, 4) is 0 Å². The van der Waals surface area contributed by atoms with Gasteiger partial charge in [0.15, 0.2) is 0 Å². The van der Waals surface area contributed by atoms with Gasteiger partial charge in [0.05, 0.1) is 0 Å². The fourth-order valence-corrected chi connectivity index (χ4v) is 0. The van der Waals surface area contributed by atoms with Gasteiger partial charge < -0.3 is 0 Å². The van der Waals surface area contributed by atoms with E-state index in [0.717, 1.165) is 0 Å². The maximum Gasteiger partial charge on any atom is 0 e. The molecule has 0 atom stereocenters. The van der Waals surface area contributed by atoms with Crippen molar-refractivity contribution < 1.29 is 0 Å². The monoisotopic (exact) mass is 100 g/mol. The van der Waals surface area contributed by atoms with Crippen LogP contribution in [0, 0.1) is 5.41 Å². The zero-order valence-corrected chi connectivity index (χ0v) is 6.00. The molecule has 36 valence electrons. The van der Waals surface area contributed by atoms with E-state index in [1.807, 2.05) is 0 Å². The van der Waals surface area contributed by atoms with E-state index in [1.54, 1.807) is 0 Å². The van der Waals surface area contributed by atoms with E-state index in [1.165, 1.54) is 0 Å². The van der Waals surface area contributed by atoms with E-state index in [4.69, 9.17) is 0 Å². The largest absolute Gasteiger partial charge is 0.0604 e. The molecule has 0 N–H and O–H groups in total. The molecule has 0 amide bonds. The first-order valence-corrected chi connectivity index (χ1v) is 2.00. The topological polar surface area (TPSA) is 0 Å². The highest BCUT2D eigenvalue weighted by molar-refractivity contribution is 5.75. The lowest BCUT2D eigenvalue weighted by molar-refractivity contribution is 0.469. The molecule has 0 aliphatic carbocycles. The van der Waals surface area contributed by atoms with Crippen molar-refractivity contribution in [1.29, 1.82) is 0 Å². The maximum atomic E-state index is 2.19. The van der Waals surface area contributed by atoms with Gasteiger partial charge in [0.1, 0.15) is 0 Å². The predicted molar refractivity (Wildman–Crippen MR) is 30.9 cm³/mol. The molecule has 0 aromatic rings. The Morgan fingerprint density at radius 2 is 0.833 bits per heavy atom. The summed E-state index contributed by atoms with van der Waals surface area (Å²) in [4.78, 5) is 0. The van der Waals surface area contributed by atoms with Crippen molar-refractivity contribution in [2.75, 3.05) is 0 Å². The Morgan fingerprint density at radius 1 is 0.833 bits per heavy atom. The Bertz CT molecular complexity index is 19.4. The third kappa shape index (κ3) is 928. The quantitative estimate of drug-likeness (QED) is 0.406. The molecule has 0 fully saturated rings. The summed E-state index contributed by atoms with van der Waals surface area (Å²) in [5.41, 5.74) is 0.500. The van der Waals surface area contributed by atoms with Crippen LogP contribution in [0.1, 0.15) is 27.7 Å². The van der Waals surface area contributed by atoms with Crippen molar-refractivity contribution in [1.82, 2.24) is 0 Å². The molecule has 1 heteroatoms. The Morgan fingerprint density at radius 3 is 0.833 bits per heavy atom. The first-order valence-electron chi connectivity index (χ1n) is 2.00. The van der Waals surface area contributed by atoms with Crippen LogP contribution in [-0.4, -0.2) is 11.0 Å². The highest BCUT2D eigenvalue weighted by Gasteiger charge is 1.95. The summed E-state index contributed by atoms with van der Waals surface area (Å²) in [6.45, 7) is 8.75. The van der Waals surface area contributed by atoms with Crippen LogP contribution in [0.15, 0.2) is 0 Å². The molecule has 4 radical (unpaired) electrons. The van der Waals surface area contributed by atoms with Crippen LogP contribution in [0.25, 0.3) is 0 Å². The van der Waals surface area contributed by atoms with Gasteiger partial charge in [-0.25, -0.2) is 0 Å². The second-order valence-electron chi connectivity index (χ2n) is 3.00. The minimum Gasteiger partial charge on any atom is -0.0604 e. The highest BCUT2D eigenvalue weighted by atomic mass is 28.1. The molecule has 0 bridgehead atoms. The summed E-state index contributed by atoms with van der Waals surface area (Å²) in [5, 5.41) is 0. The lowest BCUT2D eigenvalue weighted by Gasteiger charge is -2.05. The van der Waals surface area contributed by atoms with Crippen molar-refractivity contribution in [3.63, 3.8) is 0 Å². The zero-order chi connectivity index (χ0) is 4.50. The lowest BCUT2D eigenvalue weighted by atomic mass is 10.0. The van der Waals surface area contributed by atoms with E-state index >= 15 is 0 Å². The Labute approximate surface area is 45.0 Å². The maximum absolute atomic E-state index is 2.19. The zero-order valence-electron chi connectivity index (χ0n) is 5.00. The van der Waals surface area contributed by atoms with Gasteiger partial charge in [0.2, 0.25) is 0 Å². The molecule has 0 aliphatic heterocycles. The van der Waals surface area contributed by atoms with Crippen molar-refractivity contribution in [2.24, 2.45) is 5.41 Å². The summed E-state index contributed by atoms with van der Waals surface area (Å²) in [7, 11) is 0. The summed E-state index contributed by atoms with van der Waals surface area (Å²) in [6.07, 6.45) is 0. The van der Waals surface area contributed by atoms with Gasteiger partial charge in [0, 0.05) is 11.0 Å². The fourth-order valence-electron chi connectivity index (χ4n) is 0. The van der Waals surface area contributed by atoms with Gasteiger partial charge >= 0.3 is 0 Å². The first-order chi connectivity index (χ1) is 2.00. The minimum absolute atomic E-state index is 0. The van der Waals surface area contributed by atoms with Crippen LogP contribution < -0.4 is 0 Å².